The Labute approximate surface area is 173 Å². The molecule has 0 saturated carbocycles. The van der Waals surface area contributed by atoms with E-state index < -0.39 is 6.36 Å². The van der Waals surface area contributed by atoms with E-state index in [0.29, 0.717) is 11.4 Å². The maximum atomic E-state index is 12.3. The summed E-state index contributed by atoms with van der Waals surface area (Å²) in [6.45, 7) is 8.26. The summed E-state index contributed by atoms with van der Waals surface area (Å²) in [4.78, 5) is 4.79. The highest BCUT2D eigenvalue weighted by Crippen LogP contribution is 2.37. The summed E-state index contributed by atoms with van der Waals surface area (Å²) in [5.74, 6) is 0.422. The van der Waals surface area contributed by atoms with Crippen molar-refractivity contribution in [1.82, 2.24) is 4.98 Å². The van der Waals surface area contributed by atoms with Gasteiger partial charge in [0.2, 0.25) is 0 Å². The number of hydrogen-bond donors (Lipinski definition) is 1. The number of fused-ring (bicyclic) bond motifs is 1. The van der Waals surface area contributed by atoms with Crippen molar-refractivity contribution in [3.8, 4) is 5.75 Å². The lowest BCUT2D eigenvalue weighted by Gasteiger charge is -2.25. The molecule has 3 aromatic rings. The molecule has 7 heteroatoms. The molecule has 0 unspecified atom stereocenters. The van der Waals surface area contributed by atoms with Crippen LogP contribution in [0.2, 0.25) is 0 Å². The molecule has 0 aliphatic heterocycles. The van der Waals surface area contributed by atoms with Crippen molar-refractivity contribution in [2.24, 2.45) is 0 Å². The second kappa shape index (κ2) is 8.52. The van der Waals surface area contributed by atoms with Crippen LogP contribution in [0.4, 0.5) is 19.0 Å². The standard InChI is InChI=1S/C23H25F3N2O2/c1-14(2)20-18-7-5-6-8-19(18)21(15(3)4)27-22(20)28(29)13-16-9-11-17(12-10-16)30-23(24,25)26/h5-12,14-15,29H,13H2,1-4H3. The highest BCUT2D eigenvalue weighted by Gasteiger charge is 2.31. The van der Waals surface area contributed by atoms with E-state index in [0.717, 1.165) is 27.1 Å². The third-order valence-electron chi connectivity index (χ3n) is 4.82. The van der Waals surface area contributed by atoms with Gasteiger partial charge in [0, 0.05) is 10.9 Å². The van der Waals surface area contributed by atoms with Gasteiger partial charge in [-0.25, -0.2) is 10.0 Å². The summed E-state index contributed by atoms with van der Waals surface area (Å²) in [6, 6.07) is 13.4. The number of hydrogen-bond acceptors (Lipinski definition) is 4. The topological polar surface area (TPSA) is 45.6 Å². The van der Waals surface area contributed by atoms with Gasteiger partial charge in [0.05, 0.1) is 12.2 Å². The van der Waals surface area contributed by atoms with E-state index in [1.54, 1.807) is 0 Å². The van der Waals surface area contributed by atoms with Gasteiger partial charge in [-0.15, -0.1) is 13.2 Å². The Morgan fingerprint density at radius 2 is 1.53 bits per heavy atom. The van der Waals surface area contributed by atoms with Gasteiger partial charge in [-0.2, -0.15) is 0 Å². The molecule has 1 heterocycles. The number of anilines is 1. The summed E-state index contributed by atoms with van der Waals surface area (Å²) in [7, 11) is 0. The summed E-state index contributed by atoms with van der Waals surface area (Å²) in [5, 5.41) is 14.0. The highest BCUT2D eigenvalue weighted by atomic mass is 19.4. The molecule has 0 fully saturated rings. The molecule has 160 valence electrons. The Morgan fingerprint density at radius 1 is 0.933 bits per heavy atom. The van der Waals surface area contributed by atoms with Gasteiger partial charge in [-0.05, 0) is 34.9 Å². The molecule has 0 radical (unpaired) electrons. The average molecular weight is 418 g/mol. The minimum absolute atomic E-state index is 0.0783. The van der Waals surface area contributed by atoms with E-state index in [1.807, 2.05) is 38.1 Å². The largest absolute Gasteiger partial charge is 0.573 e. The zero-order valence-corrected chi connectivity index (χ0v) is 17.4. The van der Waals surface area contributed by atoms with Gasteiger partial charge in [-0.3, -0.25) is 5.21 Å². The summed E-state index contributed by atoms with van der Waals surface area (Å²) in [5.41, 5.74) is 2.44. The fourth-order valence-electron chi connectivity index (χ4n) is 3.55. The van der Waals surface area contributed by atoms with Gasteiger partial charge in [0.1, 0.15) is 5.75 Å². The maximum Gasteiger partial charge on any atom is 0.573 e. The fourth-order valence-corrected chi connectivity index (χ4v) is 3.55. The first-order valence-electron chi connectivity index (χ1n) is 9.80. The van der Waals surface area contributed by atoms with Crippen LogP contribution in [0.15, 0.2) is 48.5 Å². The summed E-state index contributed by atoms with van der Waals surface area (Å²) in [6.07, 6.45) is -4.74. The number of halogens is 3. The molecule has 0 spiro atoms. The van der Waals surface area contributed by atoms with Crippen LogP contribution in [0.1, 0.15) is 56.4 Å². The number of ether oxygens (including phenoxy) is 1. The molecule has 0 saturated heterocycles. The minimum atomic E-state index is -4.74. The lowest BCUT2D eigenvalue weighted by atomic mass is 9.93. The summed E-state index contributed by atoms with van der Waals surface area (Å²) < 4.78 is 40.9. The molecule has 30 heavy (non-hydrogen) atoms. The van der Waals surface area contributed by atoms with E-state index in [1.165, 1.54) is 24.3 Å². The van der Waals surface area contributed by atoms with E-state index in [9.17, 15) is 18.4 Å². The van der Waals surface area contributed by atoms with Crippen LogP contribution in [0.5, 0.6) is 5.75 Å². The van der Waals surface area contributed by atoms with Crippen molar-refractivity contribution in [1.29, 1.82) is 0 Å². The lowest BCUT2D eigenvalue weighted by molar-refractivity contribution is -0.274. The van der Waals surface area contributed by atoms with Crippen LogP contribution in [0.25, 0.3) is 10.8 Å². The van der Waals surface area contributed by atoms with Crippen molar-refractivity contribution in [3.05, 3.63) is 65.4 Å². The first-order valence-corrected chi connectivity index (χ1v) is 9.80. The number of pyridine rings is 1. The van der Waals surface area contributed by atoms with Gasteiger partial charge in [-0.1, -0.05) is 64.1 Å². The van der Waals surface area contributed by atoms with Crippen LogP contribution in [-0.4, -0.2) is 16.6 Å². The van der Waals surface area contributed by atoms with Gasteiger partial charge in [0.15, 0.2) is 5.82 Å². The number of aromatic nitrogens is 1. The third kappa shape index (κ3) is 4.84. The predicted octanol–water partition coefficient (Wildman–Crippen LogP) is 6.78. The first kappa shape index (κ1) is 21.9. The molecule has 2 aromatic carbocycles. The molecule has 0 aliphatic carbocycles. The SMILES string of the molecule is CC(C)c1nc(N(O)Cc2ccc(OC(F)(F)F)cc2)c(C(C)C)c2ccccc12. The molecule has 0 bridgehead atoms. The zero-order chi connectivity index (χ0) is 22.1. The average Bonchev–Trinajstić information content (AvgIpc) is 2.66. The molecule has 0 aliphatic rings. The predicted molar refractivity (Wildman–Crippen MR) is 111 cm³/mol. The van der Waals surface area contributed by atoms with E-state index in [-0.39, 0.29) is 24.1 Å². The zero-order valence-electron chi connectivity index (χ0n) is 17.4. The third-order valence-corrected chi connectivity index (χ3v) is 4.82. The highest BCUT2D eigenvalue weighted by molar-refractivity contribution is 5.91. The number of nitrogens with zero attached hydrogens (tertiary/aromatic N) is 2. The van der Waals surface area contributed by atoms with Crippen LogP contribution in [0, 0.1) is 0 Å². The Hall–Kier alpha value is -2.80. The quantitative estimate of drug-likeness (QED) is 0.449. The number of benzene rings is 2. The van der Waals surface area contributed by atoms with Crippen LogP contribution >= 0.6 is 0 Å². The maximum absolute atomic E-state index is 12.3. The molecule has 0 amide bonds. The van der Waals surface area contributed by atoms with Gasteiger partial charge < -0.3 is 4.74 Å². The van der Waals surface area contributed by atoms with Crippen LogP contribution in [-0.2, 0) is 6.54 Å². The second-order valence-corrected chi connectivity index (χ2v) is 7.84. The molecular weight excluding hydrogens is 393 g/mol. The molecule has 4 nitrogen and oxygen atoms in total. The first-order chi connectivity index (χ1) is 14.1. The van der Waals surface area contributed by atoms with Crippen molar-refractivity contribution in [2.75, 3.05) is 5.06 Å². The Morgan fingerprint density at radius 3 is 2.07 bits per heavy atom. The summed E-state index contributed by atoms with van der Waals surface area (Å²) >= 11 is 0. The van der Waals surface area contributed by atoms with E-state index >= 15 is 0 Å². The molecule has 3 rings (SSSR count). The second-order valence-electron chi connectivity index (χ2n) is 7.84. The number of rotatable bonds is 6. The van der Waals surface area contributed by atoms with Gasteiger partial charge in [0.25, 0.3) is 0 Å². The van der Waals surface area contributed by atoms with Gasteiger partial charge >= 0.3 is 6.36 Å². The van der Waals surface area contributed by atoms with Crippen molar-refractivity contribution in [2.45, 2.75) is 52.4 Å². The van der Waals surface area contributed by atoms with Crippen molar-refractivity contribution < 1.29 is 23.1 Å². The number of hydroxylamine groups is 1. The van der Waals surface area contributed by atoms with Crippen LogP contribution in [0.3, 0.4) is 0 Å². The van der Waals surface area contributed by atoms with E-state index in [2.05, 4.69) is 18.6 Å². The van der Waals surface area contributed by atoms with Crippen molar-refractivity contribution in [3.63, 3.8) is 0 Å². The minimum Gasteiger partial charge on any atom is -0.406 e. The lowest BCUT2D eigenvalue weighted by Crippen LogP contribution is -2.22. The monoisotopic (exact) mass is 418 g/mol. The Bertz CT molecular complexity index is 1020. The van der Waals surface area contributed by atoms with E-state index in [4.69, 9.17) is 4.98 Å². The Balaban J connectivity index is 1.98. The van der Waals surface area contributed by atoms with Crippen molar-refractivity contribution >= 4 is 16.6 Å². The smallest absolute Gasteiger partial charge is 0.406 e. The number of alkyl halides is 3. The normalized spacial score (nSPS) is 12.1. The Kier molecular flexibility index (Phi) is 6.22. The fraction of sp³-hybridized carbons (Fsp3) is 0.348. The molecular formula is C23H25F3N2O2. The van der Waals surface area contributed by atoms with Crippen LogP contribution < -0.4 is 9.80 Å². The molecule has 1 N–H and O–H groups in total. The molecule has 1 aromatic heterocycles. The molecule has 0 atom stereocenters.